The Bertz CT molecular complexity index is 499. The quantitative estimate of drug-likeness (QED) is 0.264. The molecule has 1 heterocycles. The highest BCUT2D eigenvalue weighted by molar-refractivity contribution is 14.0. The molecule has 2 rings (SSSR count). The third-order valence-electron chi connectivity index (χ3n) is 3.95. The zero-order valence-corrected chi connectivity index (χ0v) is 18.2. The Morgan fingerprint density at radius 1 is 1.33 bits per heavy atom. The molecule has 1 N–H and O–H groups in total. The lowest BCUT2D eigenvalue weighted by Gasteiger charge is -2.21. The number of hydrogen-bond acceptors (Lipinski definition) is 3. The number of ether oxygens (including phenoxy) is 2. The van der Waals surface area contributed by atoms with Crippen molar-refractivity contribution in [1.29, 1.82) is 0 Å². The predicted molar refractivity (Wildman–Crippen MR) is 112 cm³/mol. The molecule has 1 aliphatic rings. The van der Waals surface area contributed by atoms with Crippen LogP contribution in [0.4, 0.5) is 0 Å². The maximum Gasteiger partial charge on any atom is 0.193 e. The van der Waals surface area contributed by atoms with Crippen LogP contribution in [0.3, 0.4) is 0 Å². The van der Waals surface area contributed by atoms with Crippen LogP contribution < -0.4 is 5.32 Å². The fourth-order valence-electron chi connectivity index (χ4n) is 2.67. The Hall–Kier alpha value is -0.380. The van der Waals surface area contributed by atoms with E-state index in [0.717, 1.165) is 43.1 Å². The van der Waals surface area contributed by atoms with Gasteiger partial charge in [-0.1, -0.05) is 28.1 Å². The van der Waals surface area contributed by atoms with Crippen LogP contribution in [0.15, 0.2) is 33.7 Å². The monoisotopic (exact) mass is 511 g/mol. The molecule has 0 bridgehead atoms. The number of likely N-dealkylation sites (tertiary alicyclic amines) is 1. The number of benzene rings is 1. The van der Waals surface area contributed by atoms with E-state index in [1.165, 1.54) is 5.56 Å². The molecule has 136 valence electrons. The lowest BCUT2D eigenvalue weighted by Crippen LogP contribution is -2.39. The van der Waals surface area contributed by atoms with Crippen molar-refractivity contribution in [3.05, 3.63) is 34.3 Å². The molecule has 0 aliphatic carbocycles. The van der Waals surface area contributed by atoms with Gasteiger partial charge in [0.1, 0.15) is 0 Å². The molecule has 0 radical (unpaired) electrons. The molecular weight excluding hydrogens is 485 g/mol. The smallest absolute Gasteiger partial charge is 0.193 e. The average Bonchev–Trinajstić information content (AvgIpc) is 3.03. The summed E-state index contributed by atoms with van der Waals surface area (Å²) >= 11 is 3.46. The first-order chi connectivity index (χ1) is 11.2. The number of methoxy groups -OCH3 is 1. The van der Waals surface area contributed by atoms with Crippen LogP contribution in [0.5, 0.6) is 0 Å². The first kappa shape index (κ1) is 21.7. The van der Waals surface area contributed by atoms with Gasteiger partial charge in [0.15, 0.2) is 5.96 Å². The van der Waals surface area contributed by atoms with Crippen molar-refractivity contribution < 1.29 is 9.47 Å². The standard InChI is InChI=1S/C17H26BrN3O2.HI/c1-19-17(20-11-14-3-5-16(18)6-4-14)21-8-7-15(12-21)13-23-10-9-22-2;/h3-6,15H,7-13H2,1-2H3,(H,19,20);1H. The minimum atomic E-state index is 0. The fraction of sp³-hybridized carbons (Fsp3) is 0.588. The number of aliphatic imine (C=N–C) groups is 1. The summed E-state index contributed by atoms with van der Waals surface area (Å²) in [4.78, 5) is 6.72. The van der Waals surface area contributed by atoms with E-state index in [1.807, 2.05) is 7.05 Å². The highest BCUT2D eigenvalue weighted by Crippen LogP contribution is 2.17. The minimum absolute atomic E-state index is 0. The van der Waals surface area contributed by atoms with Gasteiger partial charge in [-0.25, -0.2) is 0 Å². The van der Waals surface area contributed by atoms with Gasteiger partial charge in [0.05, 0.1) is 19.8 Å². The normalized spacial score (nSPS) is 17.7. The molecular formula is C17H27BrIN3O2. The molecule has 1 saturated heterocycles. The number of hydrogen-bond donors (Lipinski definition) is 1. The summed E-state index contributed by atoms with van der Waals surface area (Å²) in [5, 5.41) is 3.44. The van der Waals surface area contributed by atoms with Gasteiger partial charge in [0, 0.05) is 44.2 Å². The first-order valence-electron chi connectivity index (χ1n) is 7.99. The van der Waals surface area contributed by atoms with E-state index < -0.39 is 0 Å². The predicted octanol–water partition coefficient (Wildman–Crippen LogP) is 3.13. The largest absolute Gasteiger partial charge is 0.382 e. The number of guanidine groups is 1. The van der Waals surface area contributed by atoms with Gasteiger partial charge < -0.3 is 19.7 Å². The molecule has 1 aliphatic heterocycles. The van der Waals surface area contributed by atoms with E-state index in [4.69, 9.17) is 9.47 Å². The summed E-state index contributed by atoms with van der Waals surface area (Å²) in [6, 6.07) is 8.34. The third kappa shape index (κ3) is 7.25. The SMILES string of the molecule is CN=C(NCc1ccc(Br)cc1)N1CCC(COCCOC)C1.I. The molecule has 1 aromatic rings. The van der Waals surface area contributed by atoms with Gasteiger partial charge in [-0.15, -0.1) is 24.0 Å². The van der Waals surface area contributed by atoms with Gasteiger partial charge in [-0.3, -0.25) is 4.99 Å². The maximum atomic E-state index is 5.64. The van der Waals surface area contributed by atoms with Crippen LogP contribution in [0.2, 0.25) is 0 Å². The van der Waals surface area contributed by atoms with Crippen molar-refractivity contribution in [2.45, 2.75) is 13.0 Å². The Morgan fingerprint density at radius 3 is 2.75 bits per heavy atom. The van der Waals surface area contributed by atoms with E-state index in [9.17, 15) is 0 Å². The average molecular weight is 512 g/mol. The summed E-state index contributed by atoms with van der Waals surface area (Å²) in [5.74, 6) is 1.53. The van der Waals surface area contributed by atoms with Crippen molar-refractivity contribution in [2.75, 3.05) is 47.1 Å². The molecule has 0 amide bonds. The Kier molecular flexibility index (Phi) is 10.9. The van der Waals surface area contributed by atoms with E-state index >= 15 is 0 Å². The van der Waals surface area contributed by atoms with Crippen molar-refractivity contribution in [2.24, 2.45) is 10.9 Å². The lowest BCUT2D eigenvalue weighted by atomic mass is 10.1. The third-order valence-corrected chi connectivity index (χ3v) is 4.48. The van der Waals surface area contributed by atoms with E-state index in [1.54, 1.807) is 7.11 Å². The van der Waals surface area contributed by atoms with Gasteiger partial charge in [0.2, 0.25) is 0 Å². The van der Waals surface area contributed by atoms with Gasteiger partial charge in [-0.2, -0.15) is 0 Å². The van der Waals surface area contributed by atoms with Gasteiger partial charge in [0.25, 0.3) is 0 Å². The molecule has 1 fully saturated rings. The van der Waals surface area contributed by atoms with Crippen LogP contribution in [0.25, 0.3) is 0 Å². The maximum absolute atomic E-state index is 5.64. The molecule has 0 aromatic heterocycles. The molecule has 0 spiro atoms. The van der Waals surface area contributed by atoms with E-state index in [-0.39, 0.29) is 24.0 Å². The number of nitrogens with zero attached hydrogens (tertiary/aromatic N) is 2. The van der Waals surface area contributed by atoms with Crippen molar-refractivity contribution in [1.82, 2.24) is 10.2 Å². The zero-order chi connectivity index (χ0) is 16.5. The second-order valence-corrected chi connectivity index (χ2v) is 6.61. The summed E-state index contributed by atoms with van der Waals surface area (Å²) in [6.45, 7) is 4.93. The second-order valence-electron chi connectivity index (χ2n) is 5.70. The van der Waals surface area contributed by atoms with Crippen LogP contribution in [0.1, 0.15) is 12.0 Å². The number of rotatable bonds is 7. The summed E-state index contributed by atoms with van der Waals surface area (Å²) in [6.07, 6.45) is 1.14. The van der Waals surface area contributed by atoms with Crippen molar-refractivity contribution >= 4 is 45.9 Å². The molecule has 1 unspecified atom stereocenters. The van der Waals surface area contributed by atoms with Crippen molar-refractivity contribution in [3.63, 3.8) is 0 Å². The molecule has 24 heavy (non-hydrogen) atoms. The lowest BCUT2D eigenvalue weighted by molar-refractivity contribution is 0.0536. The molecule has 1 aromatic carbocycles. The minimum Gasteiger partial charge on any atom is -0.382 e. The van der Waals surface area contributed by atoms with Crippen LogP contribution in [-0.4, -0.2) is 57.9 Å². The van der Waals surface area contributed by atoms with Crippen LogP contribution in [0, 0.1) is 5.92 Å². The van der Waals surface area contributed by atoms with Crippen molar-refractivity contribution in [3.8, 4) is 0 Å². The topological polar surface area (TPSA) is 46.1 Å². The molecule has 1 atom stereocenters. The van der Waals surface area contributed by atoms with E-state index in [2.05, 4.69) is 55.4 Å². The highest BCUT2D eigenvalue weighted by Gasteiger charge is 2.24. The van der Waals surface area contributed by atoms with Gasteiger partial charge in [-0.05, 0) is 24.1 Å². The Labute approximate surface area is 170 Å². The Balaban J connectivity index is 0.00000288. The Morgan fingerprint density at radius 2 is 2.08 bits per heavy atom. The summed E-state index contributed by atoms with van der Waals surface area (Å²) in [7, 11) is 3.54. The number of nitrogens with one attached hydrogen (secondary N) is 1. The van der Waals surface area contributed by atoms with Crippen LogP contribution >= 0.6 is 39.9 Å². The zero-order valence-electron chi connectivity index (χ0n) is 14.3. The molecule has 5 nitrogen and oxygen atoms in total. The fourth-order valence-corrected chi connectivity index (χ4v) is 2.93. The molecule has 7 heteroatoms. The molecule has 0 saturated carbocycles. The highest BCUT2D eigenvalue weighted by atomic mass is 127. The van der Waals surface area contributed by atoms with E-state index in [0.29, 0.717) is 19.1 Å². The first-order valence-corrected chi connectivity index (χ1v) is 8.79. The van der Waals surface area contributed by atoms with Crippen LogP contribution in [-0.2, 0) is 16.0 Å². The number of halogens is 2. The van der Waals surface area contributed by atoms with Gasteiger partial charge >= 0.3 is 0 Å². The summed E-state index contributed by atoms with van der Waals surface area (Å²) < 4.78 is 11.7. The summed E-state index contributed by atoms with van der Waals surface area (Å²) in [5.41, 5.74) is 1.24. The second kappa shape index (κ2) is 12.1.